The minimum atomic E-state index is -1.06. The minimum absolute atomic E-state index is 0.0879. The predicted molar refractivity (Wildman–Crippen MR) is 78.4 cm³/mol. The number of rotatable bonds is 2. The number of nitrogens with one attached hydrogen (secondary N) is 1. The van der Waals surface area contributed by atoms with Gasteiger partial charge in [-0.05, 0) is 25.0 Å². The highest BCUT2D eigenvalue weighted by Crippen LogP contribution is 2.22. The van der Waals surface area contributed by atoms with E-state index in [9.17, 15) is 18.4 Å². The first kappa shape index (κ1) is 16.2. The van der Waals surface area contributed by atoms with Crippen molar-refractivity contribution in [1.29, 1.82) is 0 Å². The van der Waals surface area contributed by atoms with Gasteiger partial charge in [-0.15, -0.1) is 0 Å². The van der Waals surface area contributed by atoms with E-state index in [1.165, 1.54) is 17.0 Å². The molecule has 0 radical (unpaired) electrons. The topological polar surface area (TPSA) is 52.7 Å². The molecule has 0 spiro atoms. The molecule has 0 saturated carbocycles. The van der Waals surface area contributed by atoms with Crippen molar-refractivity contribution < 1.29 is 18.4 Å². The number of piperidine rings is 1. The molecule has 7 heteroatoms. The number of carbonyl (C=O) groups excluding carboxylic acids is 2. The van der Waals surface area contributed by atoms with Crippen LogP contribution in [0.3, 0.4) is 0 Å². The molecule has 1 heterocycles. The van der Waals surface area contributed by atoms with Crippen LogP contribution in [0.4, 0.5) is 19.3 Å². The third-order valence-corrected chi connectivity index (χ3v) is 3.73. The molecule has 0 aromatic heterocycles. The average molecular weight is 311 g/mol. The summed E-state index contributed by atoms with van der Waals surface area (Å²) < 4.78 is 26.7. The first-order valence-electron chi connectivity index (χ1n) is 7.11. The zero-order valence-electron chi connectivity index (χ0n) is 12.6. The Balaban J connectivity index is 1.93. The van der Waals surface area contributed by atoms with Crippen molar-refractivity contribution in [3.63, 3.8) is 0 Å². The minimum Gasteiger partial charge on any atom is -0.331 e. The van der Waals surface area contributed by atoms with E-state index < -0.39 is 11.6 Å². The fourth-order valence-electron chi connectivity index (χ4n) is 2.45. The fourth-order valence-corrected chi connectivity index (χ4v) is 2.45. The van der Waals surface area contributed by atoms with E-state index >= 15 is 0 Å². The molecule has 0 aliphatic carbocycles. The van der Waals surface area contributed by atoms with Gasteiger partial charge in [0, 0.05) is 33.1 Å². The van der Waals surface area contributed by atoms with Crippen LogP contribution in [0.15, 0.2) is 18.2 Å². The number of carbonyl (C=O) groups is 2. The van der Waals surface area contributed by atoms with Gasteiger partial charge in [-0.1, -0.05) is 6.07 Å². The van der Waals surface area contributed by atoms with Crippen LogP contribution in [0.2, 0.25) is 0 Å². The number of benzene rings is 1. The van der Waals surface area contributed by atoms with Crippen LogP contribution < -0.4 is 5.32 Å². The Hall–Kier alpha value is -2.18. The number of amides is 3. The third kappa shape index (κ3) is 3.52. The van der Waals surface area contributed by atoms with Gasteiger partial charge in [0.2, 0.25) is 5.91 Å². The lowest BCUT2D eigenvalue weighted by Crippen LogP contribution is -2.45. The van der Waals surface area contributed by atoms with Crippen molar-refractivity contribution in [3.05, 3.63) is 29.8 Å². The van der Waals surface area contributed by atoms with Crippen molar-refractivity contribution in [2.75, 3.05) is 32.5 Å². The van der Waals surface area contributed by atoms with Crippen molar-refractivity contribution in [2.24, 2.45) is 5.92 Å². The summed E-state index contributed by atoms with van der Waals surface area (Å²) >= 11 is 0. The molecule has 1 aliphatic heterocycles. The Bertz CT molecular complexity index is 570. The second-order valence-electron chi connectivity index (χ2n) is 5.53. The van der Waals surface area contributed by atoms with Crippen LogP contribution >= 0.6 is 0 Å². The summed E-state index contributed by atoms with van der Waals surface area (Å²) in [6, 6.07) is 3.57. The molecule has 0 atom stereocenters. The monoisotopic (exact) mass is 311 g/mol. The first-order chi connectivity index (χ1) is 10.4. The van der Waals surface area contributed by atoms with E-state index in [4.69, 9.17) is 0 Å². The summed E-state index contributed by atoms with van der Waals surface area (Å²) in [5, 5.41) is 2.42. The molecule has 1 N–H and O–H groups in total. The average Bonchev–Trinajstić information content (AvgIpc) is 2.51. The molecule has 22 heavy (non-hydrogen) atoms. The van der Waals surface area contributed by atoms with Crippen LogP contribution in [-0.2, 0) is 4.79 Å². The van der Waals surface area contributed by atoms with Crippen molar-refractivity contribution in [2.45, 2.75) is 12.8 Å². The molecule has 1 aromatic carbocycles. The van der Waals surface area contributed by atoms with Crippen LogP contribution in [-0.4, -0.2) is 48.9 Å². The highest BCUT2D eigenvalue weighted by Gasteiger charge is 2.28. The van der Waals surface area contributed by atoms with E-state index in [0.717, 1.165) is 6.07 Å². The van der Waals surface area contributed by atoms with E-state index in [0.29, 0.717) is 25.9 Å². The lowest BCUT2D eigenvalue weighted by Gasteiger charge is -2.33. The van der Waals surface area contributed by atoms with Gasteiger partial charge in [0.05, 0.1) is 5.69 Å². The molecule has 1 aliphatic rings. The van der Waals surface area contributed by atoms with Crippen LogP contribution in [0.5, 0.6) is 0 Å². The van der Waals surface area contributed by atoms with Gasteiger partial charge in [0.1, 0.15) is 0 Å². The zero-order valence-corrected chi connectivity index (χ0v) is 12.6. The van der Waals surface area contributed by atoms with Gasteiger partial charge >= 0.3 is 6.03 Å². The van der Waals surface area contributed by atoms with E-state index in [-0.39, 0.29) is 23.5 Å². The fraction of sp³-hybridized carbons (Fsp3) is 0.467. The van der Waals surface area contributed by atoms with Gasteiger partial charge in [0.25, 0.3) is 0 Å². The number of hydrogen-bond donors (Lipinski definition) is 1. The van der Waals surface area contributed by atoms with Gasteiger partial charge in [-0.25, -0.2) is 13.6 Å². The quantitative estimate of drug-likeness (QED) is 0.911. The maximum atomic E-state index is 13.5. The second kappa shape index (κ2) is 6.72. The van der Waals surface area contributed by atoms with Gasteiger partial charge in [-0.2, -0.15) is 0 Å². The number of likely N-dealkylation sites (tertiary alicyclic amines) is 1. The first-order valence-corrected chi connectivity index (χ1v) is 7.11. The molecule has 5 nitrogen and oxygen atoms in total. The second-order valence-corrected chi connectivity index (χ2v) is 5.53. The van der Waals surface area contributed by atoms with Gasteiger partial charge in [-0.3, -0.25) is 4.79 Å². The lowest BCUT2D eigenvalue weighted by atomic mass is 9.96. The maximum Gasteiger partial charge on any atom is 0.319 e. The van der Waals surface area contributed by atoms with Gasteiger partial charge in [0.15, 0.2) is 11.6 Å². The Kier molecular flexibility index (Phi) is 4.95. The maximum absolute atomic E-state index is 13.5. The smallest absolute Gasteiger partial charge is 0.319 e. The van der Waals surface area contributed by atoms with E-state index in [1.807, 2.05) is 0 Å². The summed E-state index contributed by atoms with van der Waals surface area (Å²) in [7, 11) is 3.35. The van der Waals surface area contributed by atoms with Crippen molar-refractivity contribution >= 4 is 17.6 Å². The number of hydrogen-bond acceptors (Lipinski definition) is 2. The highest BCUT2D eigenvalue weighted by molar-refractivity contribution is 5.92. The number of anilines is 1. The summed E-state index contributed by atoms with van der Waals surface area (Å²) in [4.78, 5) is 27.1. The largest absolute Gasteiger partial charge is 0.331 e. The summed E-state index contributed by atoms with van der Waals surface area (Å²) in [6.07, 6.45) is 1.00. The molecule has 3 amide bonds. The molecule has 0 unspecified atom stereocenters. The van der Waals surface area contributed by atoms with Gasteiger partial charge < -0.3 is 15.1 Å². The molecular formula is C15H19F2N3O2. The van der Waals surface area contributed by atoms with Crippen LogP contribution in [0, 0.1) is 17.6 Å². The van der Waals surface area contributed by atoms with Crippen LogP contribution in [0.25, 0.3) is 0 Å². The Morgan fingerprint density at radius 1 is 1.23 bits per heavy atom. The summed E-state index contributed by atoms with van der Waals surface area (Å²) in [6.45, 7) is 0.946. The SMILES string of the molecule is CN(C)C(=O)N1CCC(C(=O)Nc2cccc(F)c2F)CC1. The zero-order chi connectivity index (χ0) is 16.3. The third-order valence-electron chi connectivity index (χ3n) is 3.73. The Morgan fingerprint density at radius 3 is 2.45 bits per heavy atom. The molecule has 1 fully saturated rings. The molecule has 120 valence electrons. The molecule has 1 aromatic rings. The standard InChI is InChI=1S/C15H19F2N3O2/c1-19(2)15(22)20-8-6-10(7-9-20)14(21)18-12-5-3-4-11(16)13(12)17/h3-5,10H,6-9H2,1-2H3,(H,18,21). The number of nitrogens with zero attached hydrogens (tertiary/aromatic N) is 2. The highest BCUT2D eigenvalue weighted by atomic mass is 19.2. The summed E-state index contributed by atoms with van der Waals surface area (Å²) in [5.41, 5.74) is -0.156. The van der Waals surface area contributed by atoms with Crippen molar-refractivity contribution in [3.8, 4) is 0 Å². The Morgan fingerprint density at radius 2 is 1.86 bits per heavy atom. The normalized spacial score (nSPS) is 15.5. The number of urea groups is 1. The molecule has 0 bridgehead atoms. The summed E-state index contributed by atoms with van der Waals surface area (Å²) in [5.74, 6) is -2.71. The van der Waals surface area contributed by atoms with E-state index in [2.05, 4.69) is 5.32 Å². The lowest BCUT2D eigenvalue weighted by molar-refractivity contribution is -0.121. The van der Waals surface area contributed by atoms with E-state index in [1.54, 1.807) is 19.0 Å². The molecule has 1 saturated heterocycles. The Labute approximate surface area is 127 Å². The van der Waals surface area contributed by atoms with Crippen LogP contribution in [0.1, 0.15) is 12.8 Å². The van der Waals surface area contributed by atoms with Crippen molar-refractivity contribution in [1.82, 2.24) is 9.80 Å². The molecule has 2 rings (SSSR count). The number of halogens is 2. The predicted octanol–water partition coefficient (Wildman–Crippen LogP) is 2.30. The molecular weight excluding hydrogens is 292 g/mol.